The molecule has 0 aliphatic rings. The number of halogens is 4. The molecule has 1 rings (SSSR count). The number of anilines is 1. The van der Waals surface area contributed by atoms with Gasteiger partial charge in [0.1, 0.15) is 0 Å². The maximum atomic E-state index is 12.3. The van der Waals surface area contributed by atoms with Crippen LogP contribution in [0.3, 0.4) is 0 Å². The molecule has 1 aromatic heterocycles. The van der Waals surface area contributed by atoms with Crippen molar-refractivity contribution in [1.29, 1.82) is 0 Å². The summed E-state index contributed by atoms with van der Waals surface area (Å²) in [6, 6.07) is 0. The average molecular weight is 290 g/mol. The Hall–Kier alpha value is -0.600. The molecule has 0 spiro atoms. The molecule has 0 aromatic carbocycles. The largest absolute Gasteiger partial charge is 0.452 e. The van der Waals surface area contributed by atoms with E-state index < -0.39 is 12.0 Å². The van der Waals surface area contributed by atoms with Crippen LogP contribution in [0, 0.1) is 0 Å². The van der Waals surface area contributed by atoms with Gasteiger partial charge in [-0.3, -0.25) is 0 Å². The number of nitrogens with zero attached hydrogens (tertiary/aromatic N) is 3. The lowest BCUT2D eigenvalue weighted by molar-refractivity contribution is -0.144. The van der Waals surface area contributed by atoms with Gasteiger partial charge >= 0.3 is 6.18 Å². The van der Waals surface area contributed by atoms with Gasteiger partial charge < -0.3 is 9.64 Å². The zero-order chi connectivity index (χ0) is 13.1. The Kier molecular flexibility index (Phi) is 4.96. The van der Waals surface area contributed by atoms with Crippen LogP contribution in [0.1, 0.15) is 5.82 Å². The number of aromatic nitrogens is 2. The minimum absolute atomic E-state index is 0.180. The number of alkyl halides is 4. The van der Waals surface area contributed by atoms with Gasteiger partial charge in [-0.15, -0.1) is 11.6 Å². The molecule has 1 aromatic rings. The molecule has 98 valence electrons. The second kappa shape index (κ2) is 5.83. The van der Waals surface area contributed by atoms with Crippen molar-refractivity contribution in [2.24, 2.45) is 0 Å². The molecule has 0 aliphatic heterocycles. The summed E-state index contributed by atoms with van der Waals surface area (Å²) in [4.78, 5) is 4.92. The van der Waals surface area contributed by atoms with Crippen molar-refractivity contribution in [3.8, 4) is 0 Å². The molecule has 0 saturated carbocycles. The molecule has 0 saturated heterocycles. The number of hydrogen-bond donors (Lipinski definition) is 0. The maximum absolute atomic E-state index is 12.3. The third kappa shape index (κ3) is 4.29. The Morgan fingerprint density at radius 2 is 2.18 bits per heavy atom. The molecule has 0 fully saturated rings. The van der Waals surface area contributed by atoms with Crippen LogP contribution in [0.5, 0.6) is 0 Å². The van der Waals surface area contributed by atoms with Crippen molar-refractivity contribution < 1.29 is 17.9 Å². The van der Waals surface area contributed by atoms with E-state index in [0.717, 1.165) is 0 Å². The van der Waals surface area contributed by atoms with Gasteiger partial charge in [0.05, 0.1) is 12.0 Å². The number of hydrogen-bond acceptors (Lipinski definition) is 5. The average Bonchev–Trinajstić information content (AvgIpc) is 2.65. The quantitative estimate of drug-likeness (QED) is 0.779. The lowest BCUT2D eigenvalue weighted by atomic mass is 10.4. The molecular formula is C8H11ClF3N3OS. The molecular weight excluding hydrogens is 279 g/mol. The van der Waals surface area contributed by atoms with Gasteiger partial charge in [0.15, 0.2) is 0 Å². The van der Waals surface area contributed by atoms with Gasteiger partial charge in [-0.1, -0.05) is 0 Å². The molecule has 1 atom stereocenters. The Bertz CT molecular complexity index is 360. The molecule has 0 amide bonds. The second-order valence-corrected chi connectivity index (χ2v) is 4.68. The Morgan fingerprint density at radius 1 is 1.53 bits per heavy atom. The summed E-state index contributed by atoms with van der Waals surface area (Å²) in [7, 11) is 3.10. The van der Waals surface area contributed by atoms with E-state index in [1.54, 1.807) is 7.05 Å². The minimum Gasteiger partial charge on any atom is -0.383 e. The summed E-state index contributed by atoms with van der Waals surface area (Å²) >= 11 is 6.58. The first-order valence-electron chi connectivity index (χ1n) is 4.59. The molecule has 1 heterocycles. The highest BCUT2D eigenvalue weighted by Gasteiger charge is 2.36. The van der Waals surface area contributed by atoms with Crippen LogP contribution in [-0.2, 0) is 10.9 Å². The molecule has 1 unspecified atom stereocenters. The van der Waals surface area contributed by atoms with E-state index in [9.17, 15) is 13.2 Å². The van der Waals surface area contributed by atoms with Crippen molar-refractivity contribution in [3.63, 3.8) is 0 Å². The number of rotatable bonds is 5. The Morgan fingerprint density at radius 3 is 2.65 bits per heavy atom. The molecule has 0 N–H and O–H groups in total. The van der Waals surface area contributed by atoms with E-state index in [2.05, 4.69) is 9.36 Å². The fraction of sp³-hybridized carbons (Fsp3) is 0.750. The van der Waals surface area contributed by atoms with Crippen molar-refractivity contribution >= 4 is 28.3 Å². The third-order valence-electron chi connectivity index (χ3n) is 1.81. The van der Waals surface area contributed by atoms with Gasteiger partial charge in [0, 0.05) is 32.2 Å². The normalized spacial score (nSPS) is 13.8. The fourth-order valence-corrected chi connectivity index (χ4v) is 2.08. The summed E-state index contributed by atoms with van der Waals surface area (Å²) in [6.07, 6.45) is -4.51. The summed E-state index contributed by atoms with van der Waals surface area (Å²) in [5, 5.41) is -0.137. The van der Waals surface area contributed by atoms with E-state index in [4.69, 9.17) is 16.3 Å². The third-order valence-corrected chi connectivity index (χ3v) is 2.91. The van der Waals surface area contributed by atoms with Crippen molar-refractivity contribution in [1.82, 2.24) is 9.36 Å². The van der Waals surface area contributed by atoms with Crippen LogP contribution in [0.25, 0.3) is 0 Å². The molecule has 4 nitrogen and oxygen atoms in total. The standard InChI is InChI=1S/C8H11ClF3N3OS/c1-15(3-5(9)4-16-2)7-13-6(14-17-7)8(10,11)12/h5H,3-4H2,1-2H3. The minimum atomic E-state index is -4.51. The zero-order valence-corrected chi connectivity index (χ0v) is 10.7. The smallest absolute Gasteiger partial charge is 0.383 e. The van der Waals surface area contributed by atoms with E-state index in [-0.39, 0.29) is 10.5 Å². The van der Waals surface area contributed by atoms with E-state index in [0.29, 0.717) is 24.7 Å². The van der Waals surface area contributed by atoms with Crippen LogP contribution in [0.4, 0.5) is 18.3 Å². The van der Waals surface area contributed by atoms with Crippen molar-refractivity contribution in [2.45, 2.75) is 11.6 Å². The summed E-state index contributed by atoms with van der Waals surface area (Å²) in [5.41, 5.74) is 0. The molecule has 0 aliphatic carbocycles. The van der Waals surface area contributed by atoms with Gasteiger partial charge in [-0.2, -0.15) is 22.5 Å². The molecule has 17 heavy (non-hydrogen) atoms. The molecule has 0 radical (unpaired) electrons. The first-order valence-corrected chi connectivity index (χ1v) is 5.80. The van der Waals surface area contributed by atoms with Crippen LogP contribution < -0.4 is 4.90 Å². The predicted octanol–water partition coefficient (Wildman–Crippen LogP) is 2.25. The highest BCUT2D eigenvalue weighted by molar-refractivity contribution is 7.09. The zero-order valence-electron chi connectivity index (χ0n) is 9.16. The van der Waals surface area contributed by atoms with Gasteiger partial charge in [-0.25, -0.2) is 0 Å². The highest BCUT2D eigenvalue weighted by atomic mass is 35.5. The van der Waals surface area contributed by atoms with E-state index in [1.165, 1.54) is 12.0 Å². The number of ether oxygens (including phenoxy) is 1. The van der Waals surface area contributed by atoms with E-state index >= 15 is 0 Å². The monoisotopic (exact) mass is 289 g/mol. The fourth-order valence-electron chi connectivity index (χ4n) is 1.09. The highest BCUT2D eigenvalue weighted by Crippen LogP contribution is 2.30. The topological polar surface area (TPSA) is 38.2 Å². The van der Waals surface area contributed by atoms with E-state index in [1.807, 2.05) is 0 Å². The van der Waals surface area contributed by atoms with Gasteiger partial charge in [-0.05, 0) is 0 Å². The first-order chi connectivity index (χ1) is 7.84. The summed E-state index contributed by atoms with van der Waals surface area (Å²) in [6.45, 7) is 0.652. The molecule has 9 heteroatoms. The predicted molar refractivity (Wildman–Crippen MR) is 59.7 cm³/mol. The number of methoxy groups -OCH3 is 1. The van der Waals surface area contributed by atoms with Gasteiger partial charge in [0.2, 0.25) is 11.0 Å². The summed E-state index contributed by atoms with van der Waals surface area (Å²) < 4.78 is 44.9. The van der Waals surface area contributed by atoms with Crippen LogP contribution in [-0.4, -0.2) is 42.0 Å². The van der Waals surface area contributed by atoms with Crippen LogP contribution in [0.15, 0.2) is 0 Å². The van der Waals surface area contributed by atoms with Crippen molar-refractivity contribution in [3.05, 3.63) is 5.82 Å². The van der Waals surface area contributed by atoms with Crippen LogP contribution in [0.2, 0.25) is 0 Å². The second-order valence-electron chi connectivity index (χ2n) is 3.33. The lowest BCUT2D eigenvalue weighted by Gasteiger charge is -2.18. The van der Waals surface area contributed by atoms with Crippen molar-refractivity contribution in [2.75, 3.05) is 32.2 Å². The SMILES string of the molecule is COCC(Cl)CN(C)c1nc(C(F)(F)F)ns1. The first kappa shape index (κ1) is 14.5. The summed E-state index contributed by atoms with van der Waals surface area (Å²) in [5.74, 6) is -1.12. The Balaban J connectivity index is 2.64. The maximum Gasteiger partial charge on any atom is 0.452 e. The lowest BCUT2D eigenvalue weighted by Crippen LogP contribution is -2.28. The Labute approximate surface area is 106 Å². The molecule has 0 bridgehead atoms. The van der Waals surface area contributed by atoms with Gasteiger partial charge in [0.25, 0.3) is 0 Å². The van der Waals surface area contributed by atoms with Crippen LogP contribution >= 0.6 is 23.1 Å².